The molecule has 2 aliphatic heterocycles. The Morgan fingerprint density at radius 3 is 2.87 bits per heavy atom. The largest absolute Gasteiger partial charge is 0.375 e. The first-order valence-electron chi connectivity index (χ1n) is 10.9. The van der Waals surface area contributed by atoms with Crippen LogP contribution in [0.3, 0.4) is 0 Å². The molecule has 0 unspecified atom stereocenters. The SMILES string of the molecule is COCC(=O)N1C[C@@H](c2ccnn2C(C)C)[C@@]2(CCCN(Cc3cccnc3)C2=O)C1. The summed E-state index contributed by atoms with van der Waals surface area (Å²) in [5.74, 6) is -0.0450. The van der Waals surface area contributed by atoms with Crippen molar-refractivity contribution >= 4 is 11.8 Å². The predicted molar refractivity (Wildman–Crippen MR) is 115 cm³/mol. The zero-order valence-electron chi connectivity index (χ0n) is 18.5. The van der Waals surface area contributed by atoms with Crippen LogP contribution in [0.25, 0.3) is 0 Å². The van der Waals surface area contributed by atoms with E-state index in [-0.39, 0.29) is 30.4 Å². The molecule has 8 heteroatoms. The first kappa shape index (κ1) is 21.5. The first-order valence-corrected chi connectivity index (χ1v) is 10.9. The van der Waals surface area contributed by atoms with Crippen LogP contribution in [0.5, 0.6) is 0 Å². The van der Waals surface area contributed by atoms with Crippen molar-refractivity contribution in [2.75, 3.05) is 33.4 Å². The molecule has 1 spiro atoms. The van der Waals surface area contributed by atoms with Crippen molar-refractivity contribution in [2.24, 2.45) is 5.41 Å². The number of aromatic nitrogens is 3. The number of pyridine rings is 1. The third-order valence-electron chi connectivity index (χ3n) is 6.57. The zero-order valence-corrected chi connectivity index (χ0v) is 18.5. The van der Waals surface area contributed by atoms with Gasteiger partial charge in [0.2, 0.25) is 11.8 Å². The lowest BCUT2D eigenvalue weighted by molar-refractivity contribution is -0.148. The van der Waals surface area contributed by atoms with E-state index in [1.54, 1.807) is 17.3 Å². The Kier molecular flexibility index (Phi) is 6.09. The highest BCUT2D eigenvalue weighted by molar-refractivity contribution is 5.87. The lowest BCUT2D eigenvalue weighted by Crippen LogP contribution is -2.52. The van der Waals surface area contributed by atoms with Crippen molar-refractivity contribution < 1.29 is 14.3 Å². The van der Waals surface area contributed by atoms with Crippen molar-refractivity contribution in [2.45, 2.75) is 45.2 Å². The number of hydrogen-bond acceptors (Lipinski definition) is 5. The van der Waals surface area contributed by atoms with E-state index in [2.05, 4.69) is 23.9 Å². The smallest absolute Gasteiger partial charge is 0.248 e. The summed E-state index contributed by atoms with van der Waals surface area (Å²) in [5.41, 5.74) is 1.40. The highest BCUT2D eigenvalue weighted by atomic mass is 16.5. The predicted octanol–water partition coefficient (Wildman–Crippen LogP) is 2.24. The van der Waals surface area contributed by atoms with E-state index in [1.807, 2.05) is 34.0 Å². The normalized spacial score (nSPS) is 23.9. The quantitative estimate of drug-likeness (QED) is 0.709. The van der Waals surface area contributed by atoms with Crippen molar-refractivity contribution in [3.63, 3.8) is 0 Å². The Morgan fingerprint density at radius 1 is 1.32 bits per heavy atom. The lowest BCUT2D eigenvalue weighted by atomic mass is 9.70. The Bertz CT molecular complexity index is 928. The number of ether oxygens (including phenoxy) is 1. The van der Waals surface area contributed by atoms with Gasteiger partial charge in [0.15, 0.2) is 0 Å². The summed E-state index contributed by atoms with van der Waals surface area (Å²) in [6, 6.07) is 6.07. The van der Waals surface area contributed by atoms with Crippen LogP contribution >= 0.6 is 0 Å². The van der Waals surface area contributed by atoms with E-state index in [1.165, 1.54) is 7.11 Å². The molecule has 2 aromatic heterocycles. The summed E-state index contributed by atoms with van der Waals surface area (Å²) < 4.78 is 7.09. The van der Waals surface area contributed by atoms with E-state index in [4.69, 9.17) is 4.74 Å². The van der Waals surface area contributed by atoms with Crippen LogP contribution in [0, 0.1) is 5.41 Å². The van der Waals surface area contributed by atoms with E-state index in [0.29, 0.717) is 19.6 Å². The highest BCUT2D eigenvalue weighted by Gasteiger charge is 2.57. The van der Waals surface area contributed by atoms with Crippen LogP contribution in [0.4, 0.5) is 0 Å². The van der Waals surface area contributed by atoms with Crippen molar-refractivity contribution in [1.29, 1.82) is 0 Å². The lowest BCUT2D eigenvalue weighted by Gasteiger charge is -2.42. The number of carbonyl (C=O) groups excluding carboxylic acids is 2. The van der Waals surface area contributed by atoms with Gasteiger partial charge in [-0.25, -0.2) is 0 Å². The number of piperidine rings is 1. The van der Waals surface area contributed by atoms with Crippen LogP contribution in [-0.4, -0.2) is 69.7 Å². The van der Waals surface area contributed by atoms with E-state index < -0.39 is 5.41 Å². The Hall–Kier alpha value is -2.74. The van der Waals surface area contributed by atoms with Crippen LogP contribution in [0.15, 0.2) is 36.8 Å². The number of carbonyl (C=O) groups is 2. The molecule has 4 heterocycles. The molecule has 2 aromatic rings. The van der Waals surface area contributed by atoms with Crippen LogP contribution < -0.4 is 0 Å². The van der Waals surface area contributed by atoms with Gasteiger partial charge in [-0.15, -0.1) is 0 Å². The fourth-order valence-electron chi connectivity index (χ4n) is 5.17. The van der Waals surface area contributed by atoms with Gasteiger partial charge >= 0.3 is 0 Å². The van der Waals surface area contributed by atoms with Gasteiger partial charge in [0.05, 0.1) is 5.41 Å². The number of hydrogen-bond donors (Lipinski definition) is 0. The summed E-state index contributed by atoms with van der Waals surface area (Å²) in [5, 5.41) is 4.51. The molecule has 31 heavy (non-hydrogen) atoms. The van der Waals surface area contributed by atoms with Gasteiger partial charge in [0.25, 0.3) is 0 Å². The molecule has 2 aliphatic rings. The van der Waals surface area contributed by atoms with Gasteiger partial charge < -0.3 is 14.5 Å². The molecule has 2 amide bonds. The first-order chi connectivity index (χ1) is 15.0. The Balaban J connectivity index is 1.69. The van der Waals surface area contributed by atoms with Crippen LogP contribution in [0.2, 0.25) is 0 Å². The summed E-state index contributed by atoms with van der Waals surface area (Å²) in [7, 11) is 1.52. The molecule has 0 saturated carbocycles. The second-order valence-electron chi connectivity index (χ2n) is 8.90. The van der Waals surface area contributed by atoms with Crippen molar-refractivity contribution in [1.82, 2.24) is 24.6 Å². The fourth-order valence-corrected chi connectivity index (χ4v) is 5.17. The molecule has 8 nitrogen and oxygen atoms in total. The summed E-state index contributed by atoms with van der Waals surface area (Å²) in [4.78, 5) is 34.6. The van der Waals surface area contributed by atoms with Crippen LogP contribution in [-0.2, 0) is 20.9 Å². The number of rotatable bonds is 6. The molecule has 0 radical (unpaired) electrons. The number of nitrogens with zero attached hydrogens (tertiary/aromatic N) is 5. The maximum atomic E-state index is 14.0. The summed E-state index contributed by atoms with van der Waals surface area (Å²) in [6.45, 7) is 6.39. The van der Waals surface area contributed by atoms with Crippen LogP contribution in [0.1, 0.15) is 49.9 Å². The second-order valence-corrected chi connectivity index (χ2v) is 8.90. The third-order valence-corrected chi connectivity index (χ3v) is 6.57. The minimum absolute atomic E-state index is 0.0276. The van der Waals surface area contributed by atoms with Gasteiger partial charge in [0.1, 0.15) is 6.61 Å². The summed E-state index contributed by atoms with van der Waals surface area (Å²) in [6.07, 6.45) is 7.01. The maximum absolute atomic E-state index is 14.0. The Morgan fingerprint density at radius 2 is 2.16 bits per heavy atom. The molecule has 0 aromatic carbocycles. The number of likely N-dealkylation sites (tertiary alicyclic amines) is 2. The Labute approximate surface area is 183 Å². The maximum Gasteiger partial charge on any atom is 0.248 e. The molecular formula is C23H31N5O3. The monoisotopic (exact) mass is 425 g/mol. The number of methoxy groups -OCH3 is 1. The molecule has 166 valence electrons. The van der Waals surface area contributed by atoms with Crippen molar-refractivity contribution in [3.8, 4) is 0 Å². The minimum atomic E-state index is -0.642. The standard InChI is InChI=1S/C23H31N5O3/c1-17(2)28-20(7-10-25-28)19-14-27(21(29)15-31-3)16-23(19)8-5-11-26(22(23)30)13-18-6-4-9-24-12-18/h4,6-7,9-10,12,17,19H,5,8,11,13-16H2,1-3H3/t19-,23+/m0/s1. The fraction of sp³-hybridized carbons (Fsp3) is 0.565. The topological polar surface area (TPSA) is 80.6 Å². The molecule has 0 bridgehead atoms. The van der Waals surface area contributed by atoms with Gasteiger partial charge in [-0.2, -0.15) is 5.10 Å². The molecule has 0 N–H and O–H groups in total. The molecule has 2 atom stereocenters. The average molecular weight is 426 g/mol. The molecule has 0 aliphatic carbocycles. The third kappa shape index (κ3) is 3.96. The molecule has 2 saturated heterocycles. The van der Waals surface area contributed by atoms with Crippen molar-refractivity contribution in [3.05, 3.63) is 48.0 Å². The molecule has 4 rings (SSSR count). The van der Waals surface area contributed by atoms with Gasteiger partial charge in [-0.3, -0.25) is 19.3 Å². The summed E-state index contributed by atoms with van der Waals surface area (Å²) >= 11 is 0. The van der Waals surface area contributed by atoms with E-state index in [0.717, 1.165) is 30.6 Å². The molecular weight excluding hydrogens is 394 g/mol. The average Bonchev–Trinajstić information content (AvgIpc) is 3.38. The molecule has 2 fully saturated rings. The zero-order chi connectivity index (χ0) is 22.0. The van der Waals surface area contributed by atoms with Gasteiger partial charge in [-0.05, 0) is 44.4 Å². The van der Waals surface area contributed by atoms with Gasteiger partial charge in [-0.1, -0.05) is 6.07 Å². The minimum Gasteiger partial charge on any atom is -0.375 e. The van der Waals surface area contributed by atoms with E-state index in [9.17, 15) is 9.59 Å². The highest BCUT2D eigenvalue weighted by Crippen LogP contribution is 2.49. The van der Waals surface area contributed by atoms with E-state index >= 15 is 0 Å². The second kappa shape index (κ2) is 8.78. The van der Waals surface area contributed by atoms with Gasteiger partial charge in [0, 0.05) is 69.5 Å². The number of amides is 2.